The highest BCUT2D eigenvalue weighted by Crippen LogP contribution is 2.17. The average molecular weight is 222 g/mol. The molecule has 88 valence electrons. The molecule has 0 radical (unpaired) electrons. The van der Waals surface area contributed by atoms with Gasteiger partial charge < -0.3 is 15.3 Å². The molecule has 1 rings (SSSR count). The second kappa shape index (κ2) is 6.12. The zero-order chi connectivity index (χ0) is 12.0. The lowest BCUT2D eigenvalue weighted by Gasteiger charge is -2.17. The summed E-state index contributed by atoms with van der Waals surface area (Å²) in [6.45, 7) is 1.55. The van der Waals surface area contributed by atoms with Crippen molar-refractivity contribution >= 4 is 5.91 Å². The molecule has 1 amide bonds. The number of phenols is 1. The Kier molecular flexibility index (Phi) is 4.79. The van der Waals surface area contributed by atoms with Gasteiger partial charge >= 0.3 is 0 Å². The topological polar surface area (TPSA) is 52.6 Å². The number of aromatic hydroxyl groups is 1. The summed E-state index contributed by atoms with van der Waals surface area (Å²) < 4.78 is 0. The van der Waals surface area contributed by atoms with Gasteiger partial charge in [-0.15, -0.1) is 0 Å². The van der Waals surface area contributed by atoms with E-state index in [0.29, 0.717) is 12.1 Å². The van der Waals surface area contributed by atoms with E-state index in [0.717, 1.165) is 13.0 Å². The molecule has 0 saturated carbocycles. The second-order valence-electron chi connectivity index (χ2n) is 3.70. The number of nitrogens with one attached hydrogen (secondary N) is 1. The number of hydrogen-bond donors (Lipinski definition) is 2. The SMILES string of the molecule is CNCCCN(C)C(=O)c1ccccc1O. The molecule has 0 saturated heterocycles. The number of para-hydroxylation sites is 1. The summed E-state index contributed by atoms with van der Waals surface area (Å²) in [5.74, 6) is -0.109. The average Bonchev–Trinajstić information content (AvgIpc) is 2.29. The molecule has 0 atom stereocenters. The number of amides is 1. The number of benzene rings is 1. The van der Waals surface area contributed by atoms with Gasteiger partial charge in [0.25, 0.3) is 5.91 Å². The minimum absolute atomic E-state index is 0.0352. The van der Waals surface area contributed by atoms with Crippen LogP contribution in [0.15, 0.2) is 24.3 Å². The molecule has 0 bridgehead atoms. The number of phenolic OH excluding ortho intramolecular Hbond substituents is 1. The molecule has 16 heavy (non-hydrogen) atoms. The summed E-state index contributed by atoms with van der Waals surface area (Å²) in [6.07, 6.45) is 0.895. The lowest BCUT2D eigenvalue weighted by molar-refractivity contribution is 0.0791. The first-order chi connectivity index (χ1) is 7.66. The lowest BCUT2D eigenvalue weighted by Crippen LogP contribution is -2.29. The van der Waals surface area contributed by atoms with Crippen molar-refractivity contribution in [3.63, 3.8) is 0 Å². The first-order valence-corrected chi connectivity index (χ1v) is 5.35. The van der Waals surface area contributed by atoms with Crippen LogP contribution in [-0.2, 0) is 0 Å². The van der Waals surface area contributed by atoms with Crippen LogP contribution in [0.4, 0.5) is 0 Å². The van der Waals surface area contributed by atoms with E-state index in [2.05, 4.69) is 5.32 Å². The van der Waals surface area contributed by atoms with E-state index in [9.17, 15) is 9.90 Å². The summed E-state index contributed by atoms with van der Waals surface area (Å²) >= 11 is 0. The normalized spacial score (nSPS) is 10.1. The van der Waals surface area contributed by atoms with E-state index in [1.54, 1.807) is 30.1 Å². The minimum Gasteiger partial charge on any atom is -0.507 e. The van der Waals surface area contributed by atoms with Gasteiger partial charge in [-0.1, -0.05) is 12.1 Å². The monoisotopic (exact) mass is 222 g/mol. The number of carbonyl (C=O) groups is 1. The molecule has 2 N–H and O–H groups in total. The van der Waals surface area contributed by atoms with Crippen molar-refractivity contribution in [3.05, 3.63) is 29.8 Å². The lowest BCUT2D eigenvalue weighted by atomic mass is 10.2. The van der Waals surface area contributed by atoms with Crippen LogP contribution in [0, 0.1) is 0 Å². The predicted molar refractivity (Wildman–Crippen MR) is 63.6 cm³/mol. The molecule has 0 aliphatic heterocycles. The molecular weight excluding hydrogens is 204 g/mol. The Morgan fingerprint density at radius 2 is 2.12 bits per heavy atom. The van der Waals surface area contributed by atoms with Gasteiger partial charge in [0.2, 0.25) is 0 Å². The van der Waals surface area contributed by atoms with Crippen molar-refractivity contribution in [2.45, 2.75) is 6.42 Å². The maximum atomic E-state index is 11.9. The maximum Gasteiger partial charge on any atom is 0.257 e. The number of carbonyl (C=O) groups excluding carboxylic acids is 1. The molecular formula is C12H18N2O2. The van der Waals surface area contributed by atoms with Gasteiger partial charge in [-0.05, 0) is 32.1 Å². The Morgan fingerprint density at radius 1 is 1.44 bits per heavy atom. The summed E-state index contributed by atoms with van der Waals surface area (Å²) in [4.78, 5) is 13.5. The smallest absolute Gasteiger partial charge is 0.257 e. The van der Waals surface area contributed by atoms with E-state index in [-0.39, 0.29) is 11.7 Å². The first-order valence-electron chi connectivity index (χ1n) is 5.35. The highest BCUT2D eigenvalue weighted by atomic mass is 16.3. The van der Waals surface area contributed by atoms with E-state index < -0.39 is 0 Å². The Labute approximate surface area is 95.9 Å². The van der Waals surface area contributed by atoms with Crippen LogP contribution in [0.5, 0.6) is 5.75 Å². The van der Waals surface area contributed by atoms with Crippen LogP contribution in [0.1, 0.15) is 16.8 Å². The quantitative estimate of drug-likeness (QED) is 0.733. The minimum atomic E-state index is -0.144. The zero-order valence-electron chi connectivity index (χ0n) is 9.73. The van der Waals surface area contributed by atoms with Crippen LogP contribution < -0.4 is 5.32 Å². The Hall–Kier alpha value is -1.55. The van der Waals surface area contributed by atoms with Crippen molar-refractivity contribution in [1.82, 2.24) is 10.2 Å². The third-order valence-electron chi connectivity index (χ3n) is 2.40. The fourth-order valence-electron chi connectivity index (χ4n) is 1.45. The van der Waals surface area contributed by atoms with E-state index in [1.165, 1.54) is 6.07 Å². The Balaban J connectivity index is 2.60. The van der Waals surface area contributed by atoms with E-state index in [4.69, 9.17) is 0 Å². The molecule has 0 fully saturated rings. The zero-order valence-corrected chi connectivity index (χ0v) is 9.73. The van der Waals surface area contributed by atoms with Gasteiger partial charge in [0.15, 0.2) is 0 Å². The van der Waals surface area contributed by atoms with Gasteiger partial charge in [-0.25, -0.2) is 0 Å². The highest BCUT2D eigenvalue weighted by Gasteiger charge is 2.14. The van der Waals surface area contributed by atoms with Crippen molar-refractivity contribution in [1.29, 1.82) is 0 Å². The second-order valence-corrected chi connectivity index (χ2v) is 3.70. The fraction of sp³-hybridized carbons (Fsp3) is 0.417. The van der Waals surface area contributed by atoms with Crippen molar-refractivity contribution < 1.29 is 9.90 Å². The fourth-order valence-corrected chi connectivity index (χ4v) is 1.45. The molecule has 1 aromatic carbocycles. The Morgan fingerprint density at radius 3 is 2.75 bits per heavy atom. The van der Waals surface area contributed by atoms with Gasteiger partial charge in [-0.2, -0.15) is 0 Å². The van der Waals surface area contributed by atoms with Crippen LogP contribution >= 0.6 is 0 Å². The molecule has 4 heteroatoms. The third-order valence-corrected chi connectivity index (χ3v) is 2.40. The van der Waals surface area contributed by atoms with Gasteiger partial charge in [0, 0.05) is 13.6 Å². The predicted octanol–water partition coefficient (Wildman–Crippen LogP) is 1.07. The first kappa shape index (κ1) is 12.5. The number of hydrogen-bond acceptors (Lipinski definition) is 3. The molecule has 0 aromatic heterocycles. The largest absolute Gasteiger partial charge is 0.507 e. The van der Waals surface area contributed by atoms with Crippen LogP contribution in [0.3, 0.4) is 0 Å². The number of nitrogens with zero attached hydrogens (tertiary/aromatic N) is 1. The van der Waals surface area contributed by atoms with Crippen LogP contribution in [0.2, 0.25) is 0 Å². The molecule has 0 unspecified atom stereocenters. The summed E-state index contributed by atoms with van der Waals surface area (Å²) in [5.41, 5.74) is 0.356. The molecule has 1 aromatic rings. The third kappa shape index (κ3) is 3.24. The maximum absolute atomic E-state index is 11.9. The standard InChI is InChI=1S/C12H18N2O2/c1-13-8-5-9-14(2)12(16)10-6-3-4-7-11(10)15/h3-4,6-7,13,15H,5,8-9H2,1-2H3. The van der Waals surface area contributed by atoms with Crippen LogP contribution in [0.25, 0.3) is 0 Å². The molecule has 0 heterocycles. The summed E-state index contributed by atoms with van der Waals surface area (Å²) in [7, 11) is 3.62. The van der Waals surface area contributed by atoms with Crippen molar-refractivity contribution in [2.75, 3.05) is 27.2 Å². The molecule has 0 aliphatic carbocycles. The molecule has 4 nitrogen and oxygen atoms in total. The molecule has 0 aliphatic rings. The van der Waals surface area contributed by atoms with Crippen molar-refractivity contribution in [3.8, 4) is 5.75 Å². The molecule has 0 spiro atoms. The number of rotatable bonds is 5. The summed E-state index contributed by atoms with van der Waals surface area (Å²) in [6, 6.07) is 6.60. The highest BCUT2D eigenvalue weighted by molar-refractivity contribution is 5.96. The van der Waals surface area contributed by atoms with E-state index in [1.807, 2.05) is 7.05 Å². The van der Waals surface area contributed by atoms with Gasteiger partial charge in [0.1, 0.15) is 5.75 Å². The van der Waals surface area contributed by atoms with Crippen molar-refractivity contribution in [2.24, 2.45) is 0 Å². The van der Waals surface area contributed by atoms with Crippen LogP contribution in [-0.4, -0.2) is 43.1 Å². The van der Waals surface area contributed by atoms with Gasteiger partial charge in [-0.3, -0.25) is 4.79 Å². The summed E-state index contributed by atoms with van der Waals surface area (Å²) in [5, 5.41) is 12.6. The van der Waals surface area contributed by atoms with E-state index >= 15 is 0 Å². The Bertz CT molecular complexity index is 353. The van der Waals surface area contributed by atoms with Gasteiger partial charge in [0.05, 0.1) is 5.56 Å².